The van der Waals surface area contributed by atoms with Crippen LogP contribution in [0, 0.1) is 5.82 Å². The zero-order valence-electron chi connectivity index (χ0n) is 13.6. The van der Waals surface area contributed by atoms with Crippen molar-refractivity contribution in [3.8, 4) is 0 Å². The number of nitrogens with one attached hydrogen (secondary N) is 2. The lowest BCUT2D eigenvalue weighted by atomic mass is 10.2. The number of rotatable bonds is 6. The van der Waals surface area contributed by atoms with Crippen molar-refractivity contribution in [1.82, 2.24) is 15.5 Å². The van der Waals surface area contributed by atoms with Crippen molar-refractivity contribution in [2.45, 2.75) is 39.3 Å². The summed E-state index contributed by atoms with van der Waals surface area (Å²) in [5, 5.41) is 6.70. The Morgan fingerprint density at radius 3 is 2.73 bits per heavy atom. The van der Waals surface area contributed by atoms with Gasteiger partial charge in [0.15, 0.2) is 5.96 Å². The lowest BCUT2D eigenvalue weighted by molar-refractivity contribution is 0.267. The third kappa shape index (κ3) is 4.98. The van der Waals surface area contributed by atoms with Crippen molar-refractivity contribution in [3.63, 3.8) is 0 Å². The molecule has 0 aliphatic carbocycles. The number of aliphatic imine (C=N–C) groups is 1. The van der Waals surface area contributed by atoms with Gasteiger partial charge in [0.1, 0.15) is 5.82 Å². The number of likely N-dealkylation sites (tertiary alicyclic amines) is 1. The SMILES string of the molecule is CCNC(=NCc1ccc(F)cc1)NCC1CCCN1CC. The molecular weight excluding hydrogens is 279 g/mol. The van der Waals surface area contributed by atoms with Crippen molar-refractivity contribution in [3.05, 3.63) is 35.6 Å². The van der Waals surface area contributed by atoms with Crippen LogP contribution in [0.25, 0.3) is 0 Å². The van der Waals surface area contributed by atoms with Crippen molar-refractivity contribution in [2.24, 2.45) is 4.99 Å². The summed E-state index contributed by atoms with van der Waals surface area (Å²) >= 11 is 0. The molecular formula is C17H27FN4. The molecule has 122 valence electrons. The molecule has 1 aromatic carbocycles. The Morgan fingerprint density at radius 2 is 2.05 bits per heavy atom. The molecule has 1 heterocycles. The van der Waals surface area contributed by atoms with Crippen molar-refractivity contribution >= 4 is 5.96 Å². The van der Waals surface area contributed by atoms with Crippen LogP contribution in [0.5, 0.6) is 0 Å². The molecule has 1 aliphatic rings. The molecule has 22 heavy (non-hydrogen) atoms. The minimum absolute atomic E-state index is 0.210. The van der Waals surface area contributed by atoms with Crippen molar-refractivity contribution in [2.75, 3.05) is 26.2 Å². The average Bonchev–Trinajstić information content (AvgIpc) is 2.99. The molecule has 0 amide bonds. The first-order valence-corrected chi connectivity index (χ1v) is 8.23. The molecule has 1 saturated heterocycles. The van der Waals surface area contributed by atoms with E-state index in [0.29, 0.717) is 12.6 Å². The summed E-state index contributed by atoms with van der Waals surface area (Å²) in [6, 6.07) is 7.10. The molecule has 1 unspecified atom stereocenters. The Labute approximate surface area is 132 Å². The van der Waals surface area contributed by atoms with Crippen LogP contribution in [-0.4, -0.2) is 43.1 Å². The fraction of sp³-hybridized carbons (Fsp3) is 0.588. The summed E-state index contributed by atoms with van der Waals surface area (Å²) in [5.41, 5.74) is 1.01. The molecule has 1 aliphatic heterocycles. The van der Waals surface area contributed by atoms with Crippen LogP contribution in [0.1, 0.15) is 32.3 Å². The molecule has 0 saturated carbocycles. The minimum Gasteiger partial charge on any atom is -0.357 e. The Balaban J connectivity index is 1.88. The number of halogens is 1. The Bertz CT molecular complexity index is 472. The summed E-state index contributed by atoms with van der Waals surface area (Å²) in [6.45, 7) is 8.88. The number of hydrogen-bond donors (Lipinski definition) is 2. The van der Waals surface area contributed by atoms with Gasteiger partial charge >= 0.3 is 0 Å². The van der Waals surface area contributed by atoms with E-state index in [1.165, 1.54) is 31.5 Å². The van der Waals surface area contributed by atoms with Gasteiger partial charge in [-0.3, -0.25) is 4.90 Å². The van der Waals surface area contributed by atoms with Crippen LogP contribution in [0.4, 0.5) is 4.39 Å². The standard InChI is InChI=1S/C17H27FN4/c1-3-19-17(20-12-14-7-9-15(18)10-8-14)21-13-16-6-5-11-22(16)4-2/h7-10,16H,3-6,11-13H2,1-2H3,(H2,19,20,21). The van der Waals surface area contributed by atoms with Gasteiger partial charge in [-0.05, 0) is 50.6 Å². The zero-order valence-corrected chi connectivity index (χ0v) is 13.6. The maximum atomic E-state index is 12.9. The van der Waals surface area contributed by atoms with Gasteiger partial charge in [0, 0.05) is 19.1 Å². The molecule has 0 spiro atoms. The predicted molar refractivity (Wildman–Crippen MR) is 89.5 cm³/mol. The lowest BCUT2D eigenvalue weighted by Crippen LogP contribution is -2.44. The monoisotopic (exact) mass is 306 g/mol. The summed E-state index contributed by atoms with van der Waals surface area (Å²) in [6.07, 6.45) is 2.53. The van der Waals surface area contributed by atoms with E-state index < -0.39 is 0 Å². The highest BCUT2D eigenvalue weighted by molar-refractivity contribution is 5.79. The van der Waals surface area contributed by atoms with Crippen LogP contribution in [-0.2, 0) is 6.54 Å². The quantitative estimate of drug-likeness (QED) is 0.626. The molecule has 0 bridgehead atoms. The van der Waals surface area contributed by atoms with E-state index in [4.69, 9.17) is 0 Å². The van der Waals surface area contributed by atoms with E-state index in [1.54, 1.807) is 12.1 Å². The largest absolute Gasteiger partial charge is 0.357 e. The van der Waals surface area contributed by atoms with E-state index in [2.05, 4.69) is 34.4 Å². The fourth-order valence-electron chi connectivity index (χ4n) is 2.86. The van der Waals surface area contributed by atoms with Crippen LogP contribution in [0.3, 0.4) is 0 Å². The second-order valence-corrected chi connectivity index (χ2v) is 5.63. The molecule has 4 nitrogen and oxygen atoms in total. The molecule has 1 fully saturated rings. The number of likely N-dealkylation sites (N-methyl/N-ethyl adjacent to an activating group) is 1. The van der Waals surface area contributed by atoms with Crippen LogP contribution in [0.15, 0.2) is 29.3 Å². The Hall–Kier alpha value is -1.62. The Kier molecular flexibility index (Phi) is 6.65. The van der Waals surface area contributed by atoms with Gasteiger partial charge in [-0.15, -0.1) is 0 Å². The van der Waals surface area contributed by atoms with E-state index in [-0.39, 0.29) is 5.82 Å². The van der Waals surface area contributed by atoms with E-state index in [0.717, 1.165) is 31.2 Å². The number of guanidine groups is 1. The highest BCUT2D eigenvalue weighted by Crippen LogP contribution is 2.15. The van der Waals surface area contributed by atoms with Crippen molar-refractivity contribution in [1.29, 1.82) is 0 Å². The van der Waals surface area contributed by atoms with E-state index in [9.17, 15) is 4.39 Å². The van der Waals surface area contributed by atoms with Gasteiger partial charge in [-0.2, -0.15) is 0 Å². The first-order chi connectivity index (χ1) is 10.7. The molecule has 2 rings (SSSR count). The zero-order chi connectivity index (χ0) is 15.8. The summed E-state index contributed by atoms with van der Waals surface area (Å²) in [5.74, 6) is 0.619. The van der Waals surface area contributed by atoms with Gasteiger partial charge < -0.3 is 10.6 Å². The summed E-state index contributed by atoms with van der Waals surface area (Å²) < 4.78 is 12.9. The fourth-order valence-corrected chi connectivity index (χ4v) is 2.86. The van der Waals surface area contributed by atoms with Crippen LogP contribution in [0.2, 0.25) is 0 Å². The molecule has 2 N–H and O–H groups in total. The maximum absolute atomic E-state index is 12.9. The molecule has 5 heteroatoms. The second kappa shape index (κ2) is 8.73. The third-order valence-electron chi connectivity index (χ3n) is 4.09. The van der Waals surface area contributed by atoms with Gasteiger partial charge in [0.2, 0.25) is 0 Å². The van der Waals surface area contributed by atoms with E-state index in [1.807, 2.05) is 0 Å². The van der Waals surface area contributed by atoms with Gasteiger partial charge in [-0.1, -0.05) is 19.1 Å². The highest BCUT2D eigenvalue weighted by atomic mass is 19.1. The van der Waals surface area contributed by atoms with Gasteiger partial charge in [0.25, 0.3) is 0 Å². The maximum Gasteiger partial charge on any atom is 0.191 e. The smallest absolute Gasteiger partial charge is 0.191 e. The minimum atomic E-state index is -0.210. The summed E-state index contributed by atoms with van der Waals surface area (Å²) in [7, 11) is 0. The first kappa shape index (κ1) is 16.7. The topological polar surface area (TPSA) is 39.7 Å². The molecule has 1 atom stereocenters. The van der Waals surface area contributed by atoms with Crippen LogP contribution >= 0.6 is 0 Å². The van der Waals surface area contributed by atoms with Crippen LogP contribution < -0.4 is 10.6 Å². The van der Waals surface area contributed by atoms with Gasteiger partial charge in [0.05, 0.1) is 6.54 Å². The first-order valence-electron chi connectivity index (χ1n) is 8.23. The number of hydrogen-bond acceptors (Lipinski definition) is 2. The third-order valence-corrected chi connectivity index (χ3v) is 4.09. The molecule has 0 aromatic heterocycles. The predicted octanol–water partition coefficient (Wildman–Crippen LogP) is 2.37. The summed E-state index contributed by atoms with van der Waals surface area (Å²) in [4.78, 5) is 7.09. The Morgan fingerprint density at radius 1 is 1.27 bits per heavy atom. The molecule has 0 radical (unpaired) electrons. The average molecular weight is 306 g/mol. The number of nitrogens with zero attached hydrogens (tertiary/aromatic N) is 2. The second-order valence-electron chi connectivity index (χ2n) is 5.63. The van der Waals surface area contributed by atoms with E-state index >= 15 is 0 Å². The van der Waals surface area contributed by atoms with Crippen molar-refractivity contribution < 1.29 is 4.39 Å². The number of benzene rings is 1. The normalized spacial score (nSPS) is 19.4. The highest BCUT2D eigenvalue weighted by Gasteiger charge is 2.22. The molecule has 1 aromatic rings. The lowest BCUT2D eigenvalue weighted by Gasteiger charge is -2.24. The van der Waals surface area contributed by atoms with Gasteiger partial charge in [-0.25, -0.2) is 9.38 Å².